The monoisotopic (exact) mass is 595 g/mol. The first-order chi connectivity index (χ1) is 21.4. The molecule has 4 fully saturated rings. The Morgan fingerprint density at radius 3 is 2.66 bits per heavy atom. The fourth-order valence-corrected chi connectivity index (χ4v) is 9.45. The Balaban J connectivity index is 1.06. The van der Waals surface area contributed by atoms with Crippen molar-refractivity contribution in [2.24, 2.45) is 23.2 Å². The molecule has 0 spiro atoms. The maximum absolute atomic E-state index is 12.9. The van der Waals surface area contributed by atoms with Crippen LogP contribution >= 0.6 is 0 Å². The van der Waals surface area contributed by atoms with Crippen LogP contribution < -0.4 is 0 Å². The van der Waals surface area contributed by atoms with Crippen molar-refractivity contribution in [3.63, 3.8) is 0 Å². The van der Waals surface area contributed by atoms with Gasteiger partial charge in [-0.2, -0.15) is 0 Å². The van der Waals surface area contributed by atoms with Crippen LogP contribution in [-0.4, -0.2) is 46.3 Å². The largest absolute Gasteiger partial charge is 0.396 e. The number of carbonyl (C=O) groups is 1. The van der Waals surface area contributed by atoms with Crippen molar-refractivity contribution in [1.29, 1.82) is 0 Å². The standard InChI is InChI=1S/C40H53NO3/c1-28-30(14-16-33(39(28)44)10-6-26-42)13-15-32-9-5-24-40(2)35(18-21-37(32)40)17-19-36-20-22-38(43)41(36)25-23-29-11-12-31-7-3-4-8-34(31)27-29/h3-4,7-8,11-13,15,27,33,35-37,39,42,44H,1,5-6,9-10,14,16-26H2,2H3/b30-13-,32-15+. The molecule has 236 valence electrons. The predicted molar refractivity (Wildman–Crippen MR) is 180 cm³/mol. The Morgan fingerprint density at radius 2 is 1.82 bits per heavy atom. The average Bonchev–Trinajstić information content (AvgIpc) is 3.57. The lowest BCUT2D eigenvalue weighted by Gasteiger charge is -2.43. The molecule has 1 amide bonds. The SMILES string of the molecule is C=C1/C(=C\C=C2/CCCC3(C)C(CCC4CCC(=O)N4CCc4ccc5ccccc5c4)CCC23)CCC(CCCO)C1O. The molecule has 0 radical (unpaired) electrons. The third kappa shape index (κ3) is 6.49. The lowest BCUT2D eigenvalue weighted by molar-refractivity contribution is -0.129. The summed E-state index contributed by atoms with van der Waals surface area (Å²) in [6.45, 7) is 7.84. The minimum atomic E-state index is -0.484. The molecule has 3 saturated carbocycles. The van der Waals surface area contributed by atoms with Gasteiger partial charge in [0.15, 0.2) is 0 Å². The highest BCUT2D eigenvalue weighted by atomic mass is 16.3. The lowest BCUT2D eigenvalue weighted by Crippen LogP contribution is -2.37. The van der Waals surface area contributed by atoms with Gasteiger partial charge in [0, 0.05) is 25.6 Å². The second-order valence-electron chi connectivity index (χ2n) is 14.5. The molecule has 44 heavy (non-hydrogen) atoms. The second kappa shape index (κ2) is 13.7. The summed E-state index contributed by atoms with van der Waals surface area (Å²) in [7, 11) is 0. The van der Waals surface area contributed by atoms with Crippen LogP contribution in [0.3, 0.4) is 0 Å². The molecule has 3 aliphatic carbocycles. The maximum atomic E-state index is 12.9. The summed E-state index contributed by atoms with van der Waals surface area (Å²) in [5, 5.41) is 22.6. The van der Waals surface area contributed by atoms with Crippen molar-refractivity contribution < 1.29 is 15.0 Å². The lowest BCUT2D eigenvalue weighted by atomic mass is 9.62. The Labute approximate surface area is 264 Å². The molecule has 1 heterocycles. The fraction of sp³-hybridized carbons (Fsp3) is 0.575. The molecule has 2 aromatic rings. The normalized spacial score (nSPS) is 32.7. The summed E-state index contributed by atoms with van der Waals surface area (Å²) in [6.07, 6.45) is 19.1. The Kier molecular flexibility index (Phi) is 9.78. The summed E-state index contributed by atoms with van der Waals surface area (Å²) < 4.78 is 0. The van der Waals surface area contributed by atoms with Gasteiger partial charge in [-0.25, -0.2) is 0 Å². The van der Waals surface area contributed by atoms with Crippen LogP contribution in [0.25, 0.3) is 10.8 Å². The van der Waals surface area contributed by atoms with Crippen LogP contribution in [0.2, 0.25) is 0 Å². The fourth-order valence-electron chi connectivity index (χ4n) is 9.45. The molecule has 0 bridgehead atoms. The van der Waals surface area contributed by atoms with Crippen molar-refractivity contribution in [3.8, 4) is 0 Å². The number of rotatable bonds is 10. The molecule has 4 heteroatoms. The zero-order valence-electron chi connectivity index (χ0n) is 26.9. The number of aliphatic hydroxyl groups is 2. The first-order valence-electron chi connectivity index (χ1n) is 17.5. The number of allylic oxidation sites excluding steroid dienone is 3. The maximum Gasteiger partial charge on any atom is 0.222 e. The summed E-state index contributed by atoms with van der Waals surface area (Å²) in [5.74, 6) is 1.93. The molecular weight excluding hydrogens is 542 g/mol. The Bertz CT molecular complexity index is 1410. The molecule has 4 aliphatic rings. The van der Waals surface area contributed by atoms with E-state index >= 15 is 0 Å². The number of hydrogen-bond donors (Lipinski definition) is 2. The minimum absolute atomic E-state index is 0.189. The van der Waals surface area contributed by atoms with Crippen molar-refractivity contribution in [2.45, 2.75) is 109 Å². The third-order valence-electron chi connectivity index (χ3n) is 12.1. The van der Waals surface area contributed by atoms with E-state index in [0.717, 1.165) is 63.0 Å². The summed E-state index contributed by atoms with van der Waals surface area (Å²) >= 11 is 0. The number of carbonyl (C=O) groups excluding carboxylic acids is 1. The molecular formula is C40H53NO3. The molecule has 0 aromatic heterocycles. The van der Waals surface area contributed by atoms with E-state index in [2.05, 4.69) is 73.0 Å². The van der Waals surface area contributed by atoms with Gasteiger partial charge in [0.1, 0.15) is 0 Å². The van der Waals surface area contributed by atoms with E-state index in [9.17, 15) is 15.0 Å². The zero-order valence-corrected chi connectivity index (χ0v) is 26.9. The van der Waals surface area contributed by atoms with Gasteiger partial charge >= 0.3 is 0 Å². The summed E-state index contributed by atoms with van der Waals surface area (Å²) in [5.41, 5.74) is 5.36. The molecule has 1 saturated heterocycles. The van der Waals surface area contributed by atoms with Crippen LogP contribution in [0.4, 0.5) is 0 Å². The van der Waals surface area contributed by atoms with E-state index in [1.165, 1.54) is 60.4 Å². The number of fused-ring (bicyclic) bond motifs is 2. The molecule has 4 nitrogen and oxygen atoms in total. The van der Waals surface area contributed by atoms with E-state index in [1.807, 2.05) is 0 Å². The Hall–Kier alpha value is -2.69. The van der Waals surface area contributed by atoms with E-state index in [4.69, 9.17) is 0 Å². The van der Waals surface area contributed by atoms with Crippen molar-refractivity contribution in [3.05, 3.63) is 83.5 Å². The van der Waals surface area contributed by atoms with E-state index in [1.54, 1.807) is 5.57 Å². The topological polar surface area (TPSA) is 60.8 Å². The number of nitrogens with zero attached hydrogens (tertiary/aromatic N) is 1. The minimum Gasteiger partial charge on any atom is -0.396 e. The van der Waals surface area contributed by atoms with Crippen LogP contribution in [0, 0.1) is 23.2 Å². The highest BCUT2D eigenvalue weighted by molar-refractivity contribution is 5.83. The number of hydrogen-bond acceptors (Lipinski definition) is 3. The van der Waals surface area contributed by atoms with Gasteiger partial charge < -0.3 is 15.1 Å². The van der Waals surface area contributed by atoms with Crippen LogP contribution in [0.5, 0.6) is 0 Å². The zero-order chi connectivity index (χ0) is 30.7. The van der Waals surface area contributed by atoms with Crippen LogP contribution in [0.1, 0.15) is 96.0 Å². The highest BCUT2D eigenvalue weighted by Crippen LogP contribution is 2.59. The predicted octanol–water partition coefficient (Wildman–Crippen LogP) is 8.32. The van der Waals surface area contributed by atoms with E-state index in [-0.39, 0.29) is 12.5 Å². The van der Waals surface area contributed by atoms with Crippen LogP contribution in [-0.2, 0) is 11.2 Å². The van der Waals surface area contributed by atoms with Gasteiger partial charge in [-0.3, -0.25) is 4.79 Å². The molecule has 6 rings (SSSR count). The number of amides is 1. The summed E-state index contributed by atoms with van der Waals surface area (Å²) in [6, 6.07) is 15.6. The number of likely N-dealkylation sites (tertiary alicyclic amines) is 1. The number of benzene rings is 2. The molecule has 2 aromatic carbocycles. The van der Waals surface area contributed by atoms with Crippen molar-refractivity contribution >= 4 is 16.7 Å². The van der Waals surface area contributed by atoms with E-state index in [0.29, 0.717) is 29.7 Å². The van der Waals surface area contributed by atoms with Gasteiger partial charge in [-0.1, -0.05) is 73.7 Å². The number of aliphatic hydroxyl groups excluding tert-OH is 2. The van der Waals surface area contributed by atoms with Crippen LogP contribution in [0.15, 0.2) is 77.9 Å². The summed E-state index contributed by atoms with van der Waals surface area (Å²) in [4.78, 5) is 15.2. The van der Waals surface area contributed by atoms with Gasteiger partial charge in [-0.05, 0) is 134 Å². The molecule has 6 unspecified atom stereocenters. The highest BCUT2D eigenvalue weighted by Gasteiger charge is 2.49. The third-order valence-corrected chi connectivity index (χ3v) is 12.1. The molecule has 1 aliphatic heterocycles. The quantitative estimate of drug-likeness (QED) is 0.290. The van der Waals surface area contributed by atoms with Gasteiger partial charge in [0.25, 0.3) is 0 Å². The molecule has 2 N–H and O–H groups in total. The first kappa shape index (κ1) is 31.3. The second-order valence-corrected chi connectivity index (χ2v) is 14.5. The molecule has 6 atom stereocenters. The first-order valence-corrected chi connectivity index (χ1v) is 17.5. The van der Waals surface area contributed by atoms with Gasteiger partial charge in [0.2, 0.25) is 5.91 Å². The van der Waals surface area contributed by atoms with Gasteiger partial charge in [-0.15, -0.1) is 0 Å². The van der Waals surface area contributed by atoms with Gasteiger partial charge in [0.05, 0.1) is 6.10 Å². The Morgan fingerprint density at radius 1 is 0.977 bits per heavy atom. The average molecular weight is 596 g/mol. The van der Waals surface area contributed by atoms with Crippen molar-refractivity contribution in [2.75, 3.05) is 13.2 Å². The van der Waals surface area contributed by atoms with Crippen molar-refractivity contribution in [1.82, 2.24) is 4.90 Å². The van der Waals surface area contributed by atoms with E-state index < -0.39 is 6.10 Å². The smallest absolute Gasteiger partial charge is 0.222 e.